The minimum atomic E-state index is -0.826. The molecule has 2 aromatic carbocycles. The Morgan fingerprint density at radius 1 is 1.17 bits per heavy atom. The van der Waals surface area contributed by atoms with Gasteiger partial charge in [-0.25, -0.2) is 4.98 Å². The van der Waals surface area contributed by atoms with E-state index < -0.39 is 24.0 Å². The Hall–Kier alpha value is -4.13. The zero-order chi connectivity index (χ0) is 24.4. The third-order valence-corrected chi connectivity index (χ3v) is 5.69. The van der Waals surface area contributed by atoms with Gasteiger partial charge in [0.25, 0.3) is 5.56 Å². The normalized spacial score (nSPS) is 20.0. The lowest BCUT2D eigenvalue weighted by molar-refractivity contribution is -0.0432. The molecule has 1 aliphatic rings. The molecule has 4 aromatic rings. The van der Waals surface area contributed by atoms with Crippen molar-refractivity contribution in [3.8, 4) is 0 Å². The largest absolute Gasteiger partial charge is 0.394 e. The van der Waals surface area contributed by atoms with Crippen LogP contribution in [0.1, 0.15) is 12.6 Å². The summed E-state index contributed by atoms with van der Waals surface area (Å²) in [6, 6.07) is 14.8. The van der Waals surface area contributed by atoms with Crippen LogP contribution >= 0.6 is 0 Å². The fourth-order valence-corrected chi connectivity index (χ4v) is 3.90. The Morgan fingerprint density at radius 3 is 2.71 bits per heavy atom. The van der Waals surface area contributed by atoms with Gasteiger partial charge in [0.1, 0.15) is 12.3 Å². The van der Waals surface area contributed by atoms with Gasteiger partial charge in [-0.2, -0.15) is 15.2 Å². The average molecular weight is 476 g/mol. The summed E-state index contributed by atoms with van der Waals surface area (Å²) in [6.07, 6.45) is -0.455. The molecule has 5 N–H and O–H groups in total. The van der Waals surface area contributed by atoms with E-state index in [2.05, 4.69) is 35.8 Å². The third-order valence-electron chi connectivity index (χ3n) is 5.69. The molecule has 0 aliphatic carbocycles. The summed E-state index contributed by atoms with van der Waals surface area (Å²) in [6.45, 7) is -0.310. The number of azo groups is 1. The van der Waals surface area contributed by atoms with Crippen LogP contribution in [0.15, 0.2) is 69.9 Å². The van der Waals surface area contributed by atoms with Crippen molar-refractivity contribution in [3.05, 3.63) is 65.2 Å². The van der Waals surface area contributed by atoms with Crippen LogP contribution < -0.4 is 16.2 Å². The van der Waals surface area contributed by atoms with Crippen molar-refractivity contribution < 1.29 is 14.9 Å². The van der Waals surface area contributed by atoms with E-state index in [9.17, 15) is 15.0 Å². The Kier molecular flexibility index (Phi) is 6.23. The number of nitrogens with one attached hydrogen (secondary N) is 3. The van der Waals surface area contributed by atoms with E-state index in [0.717, 1.165) is 11.4 Å². The zero-order valence-corrected chi connectivity index (χ0v) is 18.8. The van der Waals surface area contributed by atoms with E-state index in [0.29, 0.717) is 11.4 Å². The fourth-order valence-electron chi connectivity index (χ4n) is 3.90. The van der Waals surface area contributed by atoms with Crippen LogP contribution in [0.25, 0.3) is 11.2 Å². The molecule has 35 heavy (non-hydrogen) atoms. The fraction of sp³-hybridized carbons (Fsp3) is 0.261. The maximum Gasteiger partial charge on any atom is 0.280 e. The van der Waals surface area contributed by atoms with Gasteiger partial charge >= 0.3 is 0 Å². The number of rotatable bonds is 7. The number of H-pyrrole nitrogens is 1. The highest BCUT2D eigenvalue weighted by Crippen LogP contribution is 2.32. The maximum absolute atomic E-state index is 12.7. The van der Waals surface area contributed by atoms with Crippen LogP contribution in [0.4, 0.5) is 28.7 Å². The van der Waals surface area contributed by atoms with Gasteiger partial charge in [0.05, 0.1) is 41.8 Å². The van der Waals surface area contributed by atoms with Gasteiger partial charge < -0.3 is 25.6 Å². The molecule has 3 heterocycles. The van der Waals surface area contributed by atoms with Gasteiger partial charge in [0, 0.05) is 13.5 Å². The summed E-state index contributed by atoms with van der Waals surface area (Å²) < 4.78 is 7.29. The second-order valence-corrected chi connectivity index (χ2v) is 7.99. The number of imidazole rings is 1. The smallest absolute Gasteiger partial charge is 0.280 e. The maximum atomic E-state index is 12.7. The van der Waals surface area contributed by atoms with E-state index in [1.54, 1.807) is 17.7 Å². The quantitative estimate of drug-likeness (QED) is 0.254. The number of aliphatic hydroxyl groups is 2. The lowest BCUT2D eigenvalue weighted by Crippen LogP contribution is -2.24. The number of hydrogen-bond acceptors (Lipinski definition) is 10. The SMILES string of the molecule is CNc1ccc(N=Nc2ccccc2)cc1Nc1nc2c(ncn2C2CC(O)C(CO)O2)c(=O)[nH]1. The molecule has 0 saturated carbocycles. The van der Waals surface area contributed by atoms with E-state index in [1.807, 2.05) is 42.5 Å². The number of aliphatic hydroxyl groups excluding tert-OH is 2. The molecule has 3 atom stereocenters. The van der Waals surface area contributed by atoms with E-state index in [4.69, 9.17) is 4.74 Å². The molecule has 0 spiro atoms. The van der Waals surface area contributed by atoms with Crippen molar-refractivity contribution in [2.45, 2.75) is 24.9 Å². The number of aromatic nitrogens is 4. The van der Waals surface area contributed by atoms with Crippen LogP contribution in [0.5, 0.6) is 0 Å². The third kappa shape index (κ3) is 4.62. The number of anilines is 3. The summed E-state index contributed by atoms with van der Waals surface area (Å²) in [5, 5.41) is 34.2. The standard InChI is InChI=1S/C23H24N8O4/c1-24-15-8-7-14(30-29-13-5-3-2-4-6-13)9-16(15)26-23-27-21-20(22(34)28-23)25-12-31(21)19-10-17(33)18(11-32)35-19/h2-9,12,17-19,24,32-33H,10-11H2,1H3,(H2,26,27,28,34). The summed E-state index contributed by atoms with van der Waals surface area (Å²) >= 11 is 0. The van der Waals surface area contributed by atoms with Crippen LogP contribution in [0.2, 0.25) is 0 Å². The van der Waals surface area contributed by atoms with Crippen molar-refractivity contribution in [2.75, 3.05) is 24.3 Å². The molecule has 1 fully saturated rings. The molecule has 1 saturated heterocycles. The Morgan fingerprint density at radius 2 is 1.97 bits per heavy atom. The van der Waals surface area contributed by atoms with Crippen molar-refractivity contribution in [3.63, 3.8) is 0 Å². The molecule has 0 radical (unpaired) electrons. The number of nitrogens with zero attached hydrogens (tertiary/aromatic N) is 5. The van der Waals surface area contributed by atoms with Gasteiger partial charge in [0.15, 0.2) is 11.2 Å². The molecule has 12 nitrogen and oxygen atoms in total. The molecule has 0 bridgehead atoms. The van der Waals surface area contributed by atoms with Gasteiger partial charge in [-0.15, -0.1) is 0 Å². The van der Waals surface area contributed by atoms with Gasteiger partial charge in [-0.3, -0.25) is 14.3 Å². The second kappa shape index (κ2) is 9.62. The molecule has 0 amide bonds. The first-order valence-corrected chi connectivity index (χ1v) is 11.0. The van der Waals surface area contributed by atoms with Gasteiger partial charge in [0.2, 0.25) is 5.95 Å². The van der Waals surface area contributed by atoms with Crippen LogP contribution in [0.3, 0.4) is 0 Å². The highest BCUT2D eigenvalue weighted by Gasteiger charge is 2.35. The van der Waals surface area contributed by atoms with Crippen LogP contribution in [-0.2, 0) is 4.74 Å². The summed E-state index contributed by atoms with van der Waals surface area (Å²) in [4.78, 5) is 24.1. The second-order valence-electron chi connectivity index (χ2n) is 7.99. The molecule has 2 aromatic heterocycles. The predicted octanol–water partition coefficient (Wildman–Crippen LogP) is 2.96. The molecule has 3 unspecified atom stereocenters. The van der Waals surface area contributed by atoms with Gasteiger partial charge in [-0.05, 0) is 30.3 Å². The number of benzene rings is 2. The molecular formula is C23H24N8O4. The lowest BCUT2D eigenvalue weighted by atomic mass is 10.2. The predicted molar refractivity (Wildman–Crippen MR) is 130 cm³/mol. The average Bonchev–Trinajstić information content (AvgIpc) is 3.47. The van der Waals surface area contributed by atoms with E-state index in [1.165, 1.54) is 6.33 Å². The molecule has 180 valence electrons. The first-order valence-electron chi connectivity index (χ1n) is 11.0. The zero-order valence-electron chi connectivity index (χ0n) is 18.8. The topological polar surface area (TPSA) is 162 Å². The molecule has 12 heteroatoms. The monoisotopic (exact) mass is 476 g/mol. The first-order chi connectivity index (χ1) is 17.1. The van der Waals surface area contributed by atoms with Crippen LogP contribution in [-0.4, -0.2) is 55.6 Å². The number of fused-ring (bicyclic) bond motifs is 1. The minimum Gasteiger partial charge on any atom is -0.394 e. The Balaban J connectivity index is 1.46. The highest BCUT2D eigenvalue weighted by molar-refractivity contribution is 5.77. The van der Waals surface area contributed by atoms with E-state index >= 15 is 0 Å². The van der Waals surface area contributed by atoms with Crippen molar-refractivity contribution in [1.82, 2.24) is 19.5 Å². The van der Waals surface area contributed by atoms with Crippen molar-refractivity contribution in [2.24, 2.45) is 10.2 Å². The van der Waals surface area contributed by atoms with Crippen LogP contribution in [0, 0.1) is 0 Å². The summed E-state index contributed by atoms with van der Waals surface area (Å²) in [5.41, 5.74) is 2.71. The number of hydrogen-bond donors (Lipinski definition) is 5. The van der Waals surface area contributed by atoms with Gasteiger partial charge in [-0.1, -0.05) is 18.2 Å². The van der Waals surface area contributed by atoms with Crippen molar-refractivity contribution >= 4 is 39.9 Å². The number of ether oxygens (including phenoxy) is 1. The molecular weight excluding hydrogens is 452 g/mol. The number of aromatic amines is 1. The summed E-state index contributed by atoms with van der Waals surface area (Å²) in [5.74, 6) is 0.190. The highest BCUT2D eigenvalue weighted by atomic mass is 16.5. The molecule has 1 aliphatic heterocycles. The Bertz CT molecular complexity index is 1420. The lowest BCUT2D eigenvalue weighted by Gasteiger charge is -2.14. The summed E-state index contributed by atoms with van der Waals surface area (Å²) in [7, 11) is 1.78. The Labute approximate surface area is 199 Å². The minimum absolute atomic E-state index is 0.139. The molecule has 5 rings (SSSR count). The van der Waals surface area contributed by atoms with E-state index in [-0.39, 0.29) is 30.1 Å². The first kappa shape index (κ1) is 22.7. The van der Waals surface area contributed by atoms with Crippen molar-refractivity contribution in [1.29, 1.82) is 0 Å².